The Balaban J connectivity index is 3.20. The third kappa shape index (κ3) is 2.03. The second kappa shape index (κ2) is 4.68. The van der Waals surface area contributed by atoms with Gasteiger partial charge in [-0.25, -0.2) is 0 Å². The minimum Gasteiger partial charge on any atom is -0.396 e. The quantitative estimate of drug-likeness (QED) is 0.844. The van der Waals surface area contributed by atoms with E-state index in [1.807, 2.05) is 18.0 Å². The molecule has 0 unspecified atom stereocenters. The summed E-state index contributed by atoms with van der Waals surface area (Å²) in [5, 5.41) is 18.6. The van der Waals surface area contributed by atoms with E-state index in [0.29, 0.717) is 16.1 Å². The molecule has 0 aliphatic carbocycles. The van der Waals surface area contributed by atoms with Crippen LogP contribution in [0.2, 0.25) is 0 Å². The first-order valence-electron chi connectivity index (χ1n) is 4.59. The van der Waals surface area contributed by atoms with E-state index in [1.54, 1.807) is 0 Å². The molecule has 0 saturated heterocycles. The summed E-state index contributed by atoms with van der Waals surface area (Å²) < 4.78 is 0. The molecule has 0 spiro atoms. The molecule has 1 aromatic rings. The maximum Gasteiger partial charge on any atom is 0.131 e. The number of thiophene rings is 1. The summed E-state index contributed by atoms with van der Waals surface area (Å²) in [6, 6.07) is 4.05. The van der Waals surface area contributed by atoms with Gasteiger partial charge in [0.1, 0.15) is 27.6 Å². The van der Waals surface area contributed by atoms with Crippen molar-refractivity contribution in [3.63, 3.8) is 0 Å². The van der Waals surface area contributed by atoms with Crippen LogP contribution in [0.5, 0.6) is 0 Å². The molecule has 5 heteroatoms. The van der Waals surface area contributed by atoms with Crippen molar-refractivity contribution in [2.24, 2.45) is 0 Å². The molecular formula is C10H12N4S. The van der Waals surface area contributed by atoms with Crippen LogP contribution in [-0.4, -0.2) is 13.6 Å². The summed E-state index contributed by atoms with van der Waals surface area (Å²) >= 11 is 1.28. The van der Waals surface area contributed by atoms with Crippen LogP contribution in [0.15, 0.2) is 0 Å². The molecule has 0 aromatic carbocycles. The number of nitrogen functional groups attached to an aromatic ring is 1. The van der Waals surface area contributed by atoms with Crippen LogP contribution in [0.3, 0.4) is 0 Å². The normalized spacial score (nSPS) is 9.33. The topological polar surface area (TPSA) is 76.8 Å². The molecule has 78 valence electrons. The Morgan fingerprint density at radius 2 is 2.07 bits per heavy atom. The smallest absolute Gasteiger partial charge is 0.131 e. The minimum atomic E-state index is 0.308. The van der Waals surface area contributed by atoms with Crippen LogP contribution < -0.4 is 10.6 Å². The molecular weight excluding hydrogens is 208 g/mol. The van der Waals surface area contributed by atoms with Gasteiger partial charge in [0.2, 0.25) is 0 Å². The lowest BCUT2D eigenvalue weighted by Gasteiger charge is -2.15. The number of hydrogen-bond acceptors (Lipinski definition) is 5. The van der Waals surface area contributed by atoms with Crippen LogP contribution in [0.1, 0.15) is 23.8 Å². The molecule has 0 bridgehead atoms. The molecule has 0 atom stereocenters. The van der Waals surface area contributed by atoms with Crippen LogP contribution in [0, 0.1) is 22.7 Å². The van der Waals surface area contributed by atoms with Gasteiger partial charge < -0.3 is 10.6 Å². The Hall–Kier alpha value is -1.72. The Labute approximate surface area is 93.1 Å². The lowest BCUT2D eigenvalue weighted by molar-refractivity contribution is 0.858. The summed E-state index contributed by atoms with van der Waals surface area (Å²) in [4.78, 5) is 2.38. The Kier molecular flexibility index (Phi) is 3.54. The van der Waals surface area contributed by atoms with Crippen molar-refractivity contribution in [1.29, 1.82) is 10.5 Å². The highest BCUT2D eigenvalue weighted by Gasteiger charge is 2.17. The van der Waals surface area contributed by atoms with Crippen LogP contribution in [0.4, 0.5) is 10.7 Å². The SMILES string of the molecule is CCCN(C)c1sc(C#N)c(N)c1C#N. The molecule has 15 heavy (non-hydrogen) atoms. The van der Waals surface area contributed by atoms with Gasteiger partial charge in [-0.2, -0.15) is 10.5 Å². The van der Waals surface area contributed by atoms with Crippen molar-refractivity contribution in [2.45, 2.75) is 13.3 Å². The Bertz CT molecular complexity index is 436. The van der Waals surface area contributed by atoms with E-state index in [4.69, 9.17) is 16.3 Å². The van der Waals surface area contributed by atoms with Gasteiger partial charge in [-0.1, -0.05) is 6.92 Å². The first-order chi connectivity index (χ1) is 7.15. The molecule has 1 aromatic heterocycles. The summed E-state index contributed by atoms with van der Waals surface area (Å²) in [7, 11) is 1.90. The zero-order chi connectivity index (χ0) is 11.4. The zero-order valence-electron chi connectivity index (χ0n) is 8.74. The van der Waals surface area contributed by atoms with E-state index in [9.17, 15) is 0 Å². The molecule has 1 rings (SSSR count). The standard InChI is InChI=1S/C10H12N4S/c1-3-4-14(2)10-7(5-11)9(13)8(6-12)15-10/h3-4,13H2,1-2H3. The van der Waals surface area contributed by atoms with Crippen LogP contribution in [-0.2, 0) is 0 Å². The fraction of sp³-hybridized carbons (Fsp3) is 0.400. The Morgan fingerprint density at radius 3 is 2.53 bits per heavy atom. The molecule has 0 amide bonds. The fourth-order valence-corrected chi connectivity index (χ4v) is 2.28. The monoisotopic (exact) mass is 220 g/mol. The van der Waals surface area contributed by atoms with E-state index in [0.717, 1.165) is 18.0 Å². The summed E-state index contributed by atoms with van der Waals surface area (Å²) in [6.45, 7) is 2.91. The van der Waals surface area contributed by atoms with E-state index in [2.05, 4.69) is 13.0 Å². The molecule has 0 saturated carbocycles. The van der Waals surface area contributed by atoms with Gasteiger partial charge in [0.05, 0.1) is 5.69 Å². The second-order valence-corrected chi connectivity index (χ2v) is 4.17. The Morgan fingerprint density at radius 1 is 1.40 bits per heavy atom. The molecule has 0 aliphatic heterocycles. The first kappa shape index (κ1) is 11.4. The van der Waals surface area contributed by atoms with Crippen molar-refractivity contribution in [1.82, 2.24) is 0 Å². The zero-order valence-corrected chi connectivity index (χ0v) is 9.56. The molecule has 1 heterocycles. The molecule has 4 nitrogen and oxygen atoms in total. The number of anilines is 2. The third-order valence-corrected chi connectivity index (χ3v) is 3.27. The number of rotatable bonds is 3. The van der Waals surface area contributed by atoms with Crippen molar-refractivity contribution in [3.05, 3.63) is 10.4 Å². The third-order valence-electron chi connectivity index (χ3n) is 2.05. The number of hydrogen-bond donors (Lipinski definition) is 1. The maximum atomic E-state index is 8.97. The fourth-order valence-electron chi connectivity index (χ4n) is 1.33. The first-order valence-corrected chi connectivity index (χ1v) is 5.40. The summed E-state index contributed by atoms with van der Waals surface area (Å²) in [5.41, 5.74) is 6.43. The predicted molar refractivity (Wildman–Crippen MR) is 61.7 cm³/mol. The average Bonchev–Trinajstić information content (AvgIpc) is 2.55. The maximum absolute atomic E-state index is 8.97. The van der Waals surface area contributed by atoms with Gasteiger partial charge in [-0.3, -0.25) is 0 Å². The van der Waals surface area contributed by atoms with E-state index >= 15 is 0 Å². The largest absolute Gasteiger partial charge is 0.396 e. The van der Waals surface area contributed by atoms with Gasteiger partial charge >= 0.3 is 0 Å². The van der Waals surface area contributed by atoms with E-state index in [-0.39, 0.29) is 0 Å². The highest BCUT2D eigenvalue weighted by Crippen LogP contribution is 2.36. The van der Waals surface area contributed by atoms with Gasteiger partial charge in [0.15, 0.2) is 0 Å². The molecule has 0 aliphatic rings. The molecule has 2 N–H and O–H groups in total. The van der Waals surface area contributed by atoms with Gasteiger partial charge in [-0.05, 0) is 6.42 Å². The van der Waals surface area contributed by atoms with E-state index < -0.39 is 0 Å². The van der Waals surface area contributed by atoms with Gasteiger partial charge in [0, 0.05) is 13.6 Å². The van der Waals surface area contributed by atoms with Crippen LogP contribution in [0.25, 0.3) is 0 Å². The number of nitrogens with two attached hydrogens (primary N) is 1. The summed E-state index contributed by atoms with van der Waals surface area (Å²) in [6.07, 6.45) is 0.987. The number of nitrogens with zero attached hydrogens (tertiary/aromatic N) is 3. The minimum absolute atomic E-state index is 0.308. The molecule has 0 radical (unpaired) electrons. The van der Waals surface area contributed by atoms with E-state index in [1.165, 1.54) is 11.3 Å². The average molecular weight is 220 g/mol. The van der Waals surface area contributed by atoms with Crippen molar-refractivity contribution in [3.8, 4) is 12.1 Å². The van der Waals surface area contributed by atoms with Crippen molar-refractivity contribution < 1.29 is 0 Å². The highest BCUT2D eigenvalue weighted by molar-refractivity contribution is 7.17. The van der Waals surface area contributed by atoms with Gasteiger partial charge in [0.25, 0.3) is 0 Å². The lowest BCUT2D eigenvalue weighted by Crippen LogP contribution is -2.17. The number of nitriles is 2. The van der Waals surface area contributed by atoms with Crippen molar-refractivity contribution >= 4 is 22.0 Å². The molecule has 0 fully saturated rings. The van der Waals surface area contributed by atoms with Gasteiger partial charge in [-0.15, -0.1) is 11.3 Å². The van der Waals surface area contributed by atoms with Crippen molar-refractivity contribution in [2.75, 3.05) is 24.2 Å². The lowest BCUT2D eigenvalue weighted by atomic mass is 10.2. The van der Waals surface area contributed by atoms with Crippen LogP contribution >= 0.6 is 11.3 Å². The predicted octanol–water partition coefficient (Wildman–Crippen LogP) is 1.92. The summed E-state index contributed by atoms with van der Waals surface area (Å²) in [5.74, 6) is 0. The second-order valence-electron chi connectivity index (χ2n) is 3.17. The highest BCUT2D eigenvalue weighted by atomic mass is 32.1.